The predicted octanol–water partition coefficient (Wildman–Crippen LogP) is 1.91. The van der Waals surface area contributed by atoms with Crippen LogP contribution in [-0.4, -0.2) is 54.1 Å². The van der Waals surface area contributed by atoms with Crippen LogP contribution in [0.5, 0.6) is 0 Å². The van der Waals surface area contributed by atoms with Gasteiger partial charge in [-0.15, -0.1) is 0 Å². The van der Waals surface area contributed by atoms with Gasteiger partial charge in [0, 0.05) is 19.1 Å². The molecule has 1 aromatic carbocycles. The van der Waals surface area contributed by atoms with Gasteiger partial charge >= 0.3 is 5.97 Å². The topological polar surface area (TPSA) is 43.8 Å². The first-order valence-corrected chi connectivity index (χ1v) is 6.77. The molecule has 1 heterocycles. The van der Waals surface area contributed by atoms with Crippen LogP contribution < -0.4 is 0 Å². The first-order valence-electron chi connectivity index (χ1n) is 6.77. The Bertz CT molecular complexity index is 430. The van der Waals surface area contributed by atoms with Gasteiger partial charge < -0.3 is 14.9 Å². The molecule has 0 radical (unpaired) electrons. The molecule has 1 N–H and O–H groups in total. The van der Waals surface area contributed by atoms with Crippen molar-refractivity contribution < 1.29 is 9.90 Å². The molecule has 1 unspecified atom stereocenters. The highest BCUT2D eigenvalue weighted by Crippen LogP contribution is 2.16. The minimum absolute atomic E-state index is 0.349. The van der Waals surface area contributed by atoms with Gasteiger partial charge in [0.2, 0.25) is 0 Å². The Hall–Kier alpha value is -1.39. The normalized spacial score (nSPS) is 20.1. The smallest absolute Gasteiger partial charge is 0.335 e. The first kappa shape index (κ1) is 14.0. The van der Waals surface area contributed by atoms with Crippen molar-refractivity contribution in [1.29, 1.82) is 0 Å². The van der Waals surface area contributed by atoms with Crippen molar-refractivity contribution in [1.82, 2.24) is 9.80 Å². The van der Waals surface area contributed by atoms with Crippen LogP contribution in [0.25, 0.3) is 0 Å². The van der Waals surface area contributed by atoms with E-state index < -0.39 is 5.97 Å². The molecule has 19 heavy (non-hydrogen) atoms. The van der Waals surface area contributed by atoms with Crippen LogP contribution in [0.15, 0.2) is 24.3 Å². The zero-order chi connectivity index (χ0) is 13.8. The number of carboxylic acid groups (broad SMARTS) is 1. The van der Waals surface area contributed by atoms with Crippen LogP contribution in [-0.2, 0) is 6.54 Å². The van der Waals surface area contributed by atoms with Gasteiger partial charge in [0.25, 0.3) is 0 Å². The molecule has 0 bridgehead atoms. The van der Waals surface area contributed by atoms with Crippen LogP contribution in [0.1, 0.15) is 28.8 Å². The van der Waals surface area contributed by atoms with Crippen molar-refractivity contribution in [2.45, 2.75) is 25.4 Å². The second-order valence-corrected chi connectivity index (χ2v) is 5.48. The Labute approximate surface area is 114 Å². The average Bonchev–Trinajstić information content (AvgIpc) is 2.75. The molecule has 1 aromatic rings. The molecule has 4 nitrogen and oxygen atoms in total. The number of rotatable bonds is 5. The number of nitrogens with zero attached hydrogens (tertiary/aromatic N) is 2. The molecule has 2 rings (SSSR count). The van der Waals surface area contributed by atoms with Crippen LogP contribution >= 0.6 is 0 Å². The number of aromatic carboxylic acids is 1. The lowest BCUT2D eigenvalue weighted by Crippen LogP contribution is -2.36. The number of likely N-dealkylation sites (tertiary alicyclic amines) is 1. The van der Waals surface area contributed by atoms with Gasteiger partial charge in [-0.3, -0.25) is 0 Å². The molecule has 1 atom stereocenters. The summed E-state index contributed by atoms with van der Waals surface area (Å²) in [4.78, 5) is 15.5. The lowest BCUT2D eigenvalue weighted by Gasteiger charge is -2.25. The Kier molecular flexibility index (Phi) is 4.56. The van der Waals surface area contributed by atoms with E-state index in [0.717, 1.165) is 18.7 Å². The summed E-state index contributed by atoms with van der Waals surface area (Å²) in [5, 5.41) is 8.86. The summed E-state index contributed by atoms with van der Waals surface area (Å²) in [5.74, 6) is -0.868. The van der Waals surface area contributed by atoms with Gasteiger partial charge in [0.15, 0.2) is 0 Å². The van der Waals surface area contributed by atoms with E-state index in [1.807, 2.05) is 12.1 Å². The molecule has 1 aliphatic rings. The Morgan fingerprint density at radius 2 is 2.11 bits per heavy atom. The highest BCUT2D eigenvalue weighted by atomic mass is 16.4. The van der Waals surface area contributed by atoms with E-state index in [1.165, 1.54) is 19.4 Å². The maximum Gasteiger partial charge on any atom is 0.335 e. The Morgan fingerprint density at radius 3 is 2.63 bits per heavy atom. The van der Waals surface area contributed by atoms with Gasteiger partial charge in [-0.25, -0.2) is 4.79 Å². The number of likely N-dealkylation sites (N-methyl/N-ethyl adjacent to an activating group) is 2. The zero-order valence-corrected chi connectivity index (χ0v) is 11.7. The van der Waals surface area contributed by atoms with E-state index in [-0.39, 0.29) is 0 Å². The van der Waals surface area contributed by atoms with Gasteiger partial charge in [-0.1, -0.05) is 12.1 Å². The molecule has 0 saturated carbocycles. The average molecular weight is 262 g/mol. The zero-order valence-electron chi connectivity index (χ0n) is 11.7. The summed E-state index contributed by atoms with van der Waals surface area (Å²) >= 11 is 0. The predicted molar refractivity (Wildman–Crippen MR) is 75.4 cm³/mol. The summed E-state index contributed by atoms with van der Waals surface area (Å²) in [6, 6.07) is 7.81. The molecule has 1 saturated heterocycles. The monoisotopic (exact) mass is 262 g/mol. The highest BCUT2D eigenvalue weighted by molar-refractivity contribution is 5.87. The maximum absolute atomic E-state index is 10.8. The standard InChI is InChI=1S/C15H22N2O2/c1-16(11-14-4-3-9-17(14)2)10-12-5-7-13(8-6-12)15(18)19/h5-8,14H,3-4,9-11H2,1-2H3,(H,18,19). The van der Waals surface area contributed by atoms with Crippen molar-refractivity contribution in [3.63, 3.8) is 0 Å². The van der Waals surface area contributed by atoms with Crippen LogP contribution in [0.2, 0.25) is 0 Å². The van der Waals surface area contributed by atoms with Crippen molar-refractivity contribution in [2.24, 2.45) is 0 Å². The fraction of sp³-hybridized carbons (Fsp3) is 0.533. The number of benzene rings is 1. The minimum atomic E-state index is -0.868. The van der Waals surface area contributed by atoms with Crippen molar-refractivity contribution in [3.8, 4) is 0 Å². The molecule has 0 spiro atoms. The Morgan fingerprint density at radius 1 is 1.42 bits per heavy atom. The van der Waals surface area contributed by atoms with E-state index in [1.54, 1.807) is 12.1 Å². The van der Waals surface area contributed by atoms with E-state index in [9.17, 15) is 4.79 Å². The minimum Gasteiger partial charge on any atom is -0.478 e. The SMILES string of the molecule is CN(Cc1ccc(C(=O)O)cc1)CC1CCCN1C. The van der Waals surface area contributed by atoms with E-state index in [4.69, 9.17) is 5.11 Å². The molecule has 1 fully saturated rings. The third kappa shape index (κ3) is 3.78. The molecular weight excluding hydrogens is 240 g/mol. The number of hydrogen-bond donors (Lipinski definition) is 1. The van der Waals surface area contributed by atoms with Gasteiger partial charge in [0.05, 0.1) is 5.56 Å². The molecule has 4 heteroatoms. The second-order valence-electron chi connectivity index (χ2n) is 5.48. The third-order valence-corrected chi connectivity index (χ3v) is 3.85. The molecule has 104 valence electrons. The van der Waals surface area contributed by atoms with Gasteiger partial charge in [-0.2, -0.15) is 0 Å². The van der Waals surface area contributed by atoms with Crippen LogP contribution in [0.4, 0.5) is 0 Å². The summed E-state index contributed by atoms with van der Waals surface area (Å²) < 4.78 is 0. The van der Waals surface area contributed by atoms with Gasteiger partial charge in [0.1, 0.15) is 0 Å². The fourth-order valence-corrected chi connectivity index (χ4v) is 2.70. The van der Waals surface area contributed by atoms with Crippen molar-refractivity contribution >= 4 is 5.97 Å². The largest absolute Gasteiger partial charge is 0.478 e. The molecular formula is C15H22N2O2. The quantitative estimate of drug-likeness (QED) is 0.880. The fourth-order valence-electron chi connectivity index (χ4n) is 2.70. The third-order valence-electron chi connectivity index (χ3n) is 3.85. The first-order chi connectivity index (χ1) is 9.06. The number of carboxylic acids is 1. The summed E-state index contributed by atoms with van der Waals surface area (Å²) in [7, 11) is 4.31. The highest BCUT2D eigenvalue weighted by Gasteiger charge is 2.21. The molecule has 1 aliphatic heterocycles. The maximum atomic E-state index is 10.8. The van der Waals surface area contributed by atoms with Crippen molar-refractivity contribution in [3.05, 3.63) is 35.4 Å². The lowest BCUT2D eigenvalue weighted by molar-refractivity contribution is 0.0697. The van der Waals surface area contributed by atoms with E-state index >= 15 is 0 Å². The molecule has 0 aliphatic carbocycles. The van der Waals surface area contributed by atoms with Crippen LogP contribution in [0.3, 0.4) is 0 Å². The Balaban J connectivity index is 1.87. The lowest BCUT2D eigenvalue weighted by atomic mass is 10.1. The number of carbonyl (C=O) groups is 1. The van der Waals surface area contributed by atoms with E-state index in [0.29, 0.717) is 11.6 Å². The van der Waals surface area contributed by atoms with Crippen molar-refractivity contribution in [2.75, 3.05) is 27.2 Å². The van der Waals surface area contributed by atoms with Gasteiger partial charge in [-0.05, 0) is 51.2 Å². The molecule has 0 aromatic heterocycles. The summed E-state index contributed by atoms with van der Waals surface area (Å²) in [5.41, 5.74) is 1.51. The summed E-state index contributed by atoms with van der Waals surface area (Å²) in [6.07, 6.45) is 2.57. The van der Waals surface area contributed by atoms with Crippen LogP contribution in [0, 0.1) is 0 Å². The second kappa shape index (κ2) is 6.17. The summed E-state index contributed by atoms with van der Waals surface area (Å²) in [6.45, 7) is 3.13. The molecule has 0 amide bonds. The van der Waals surface area contributed by atoms with E-state index in [2.05, 4.69) is 23.9 Å². The number of hydrogen-bond acceptors (Lipinski definition) is 3.